The summed E-state index contributed by atoms with van der Waals surface area (Å²) in [4.78, 5) is 8.45. The van der Waals surface area contributed by atoms with Crippen LogP contribution in [0.2, 0.25) is 0 Å². The first-order valence-corrected chi connectivity index (χ1v) is 7.92. The van der Waals surface area contributed by atoms with E-state index in [1.807, 2.05) is 0 Å². The number of phenols is 1. The van der Waals surface area contributed by atoms with Crippen LogP contribution in [0.3, 0.4) is 0 Å². The second-order valence-corrected chi connectivity index (χ2v) is 6.31. The smallest absolute Gasteiger partial charge is 0.234 e. The Labute approximate surface area is 121 Å². The minimum Gasteiger partial charge on any atom is -0.508 e. The quantitative estimate of drug-likeness (QED) is 0.764. The Bertz CT molecular complexity index is 885. The van der Waals surface area contributed by atoms with Crippen LogP contribution >= 0.6 is 0 Å². The van der Waals surface area contributed by atoms with Gasteiger partial charge in [-0.05, 0) is 18.2 Å². The predicted molar refractivity (Wildman–Crippen MR) is 78.6 cm³/mol. The molecule has 0 unspecified atom stereocenters. The first-order valence-electron chi connectivity index (χ1n) is 6.03. The molecule has 2 heterocycles. The van der Waals surface area contributed by atoms with Crippen LogP contribution in [-0.4, -0.2) is 34.1 Å². The number of imidazole rings is 1. The van der Waals surface area contributed by atoms with Crippen molar-refractivity contribution in [3.8, 4) is 17.0 Å². The number of phenolic OH excluding ortho intramolecular Hbond substituents is 1. The molecule has 0 aliphatic carbocycles. The third kappa shape index (κ3) is 2.79. The molecule has 21 heavy (non-hydrogen) atoms. The molecule has 0 fully saturated rings. The zero-order valence-electron chi connectivity index (χ0n) is 11.1. The van der Waals surface area contributed by atoms with Crippen molar-refractivity contribution in [1.82, 2.24) is 14.4 Å². The fraction of sp³-hybridized carbons (Fsp3) is 0.0769. The average Bonchev–Trinajstić information content (AvgIpc) is 2.80. The maximum atomic E-state index is 11.4. The number of aromatic nitrogens is 3. The van der Waals surface area contributed by atoms with Gasteiger partial charge < -0.3 is 5.11 Å². The summed E-state index contributed by atoms with van der Waals surface area (Å²) in [6, 6.07) is 6.18. The summed E-state index contributed by atoms with van der Waals surface area (Å²) in [5.41, 5.74) is 1.38. The lowest BCUT2D eigenvalue weighted by atomic mass is 10.1. The molecular weight excluding hydrogens is 292 g/mol. The topological polar surface area (TPSA) is 96.6 Å². The summed E-state index contributed by atoms with van der Waals surface area (Å²) < 4.78 is 27.0. The van der Waals surface area contributed by atoms with Gasteiger partial charge in [0.2, 0.25) is 15.8 Å². The number of hydrogen-bond donors (Lipinski definition) is 2. The Balaban J connectivity index is 2.17. The largest absolute Gasteiger partial charge is 0.508 e. The second kappa shape index (κ2) is 4.74. The molecule has 0 amide bonds. The summed E-state index contributed by atoms with van der Waals surface area (Å²) >= 11 is 0. The van der Waals surface area contributed by atoms with E-state index < -0.39 is 10.0 Å². The number of rotatable bonds is 3. The summed E-state index contributed by atoms with van der Waals surface area (Å²) in [6.07, 6.45) is 6.20. The molecule has 0 saturated heterocycles. The van der Waals surface area contributed by atoms with Gasteiger partial charge >= 0.3 is 0 Å². The van der Waals surface area contributed by atoms with E-state index in [1.165, 1.54) is 12.1 Å². The summed E-state index contributed by atoms with van der Waals surface area (Å²) in [7, 11) is -3.47. The molecule has 0 aliphatic heterocycles. The summed E-state index contributed by atoms with van der Waals surface area (Å²) in [5, 5.41) is 9.55. The van der Waals surface area contributed by atoms with Crippen LogP contribution in [0.15, 0.2) is 42.9 Å². The van der Waals surface area contributed by atoms with Crippen LogP contribution < -0.4 is 4.72 Å². The maximum Gasteiger partial charge on any atom is 0.234 e. The zero-order valence-corrected chi connectivity index (χ0v) is 11.9. The van der Waals surface area contributed by atoms with Crippen molar-refractivity contribution in [3.63, 3.8) is 0 Å². The van der Waals surface area contributed by atoms with Gasteiger partial charge in [-0.25, -0.2) is 18.4 Å². The molecule has 3 rings (SSSR count). The Hall–Kier alpha value is -2.61. The highest BCUT2D eigenvalue weighted by Crippen LogP contribution is 2.31. The zero-order chi connectivity index (χ0) is 15.0. The number of nitrogens with zero attached hydrogens (tertiary/aromatic N) is 3. The number of fused-ring (bicyclic) bond motifs is 1. The molecule has 1 aromatic carbocycles. The van der Waals surface area contributed by atoms with Crippen molar-refractivity contribution in [2.45, 2.75) is 0 Å². The molecule has 0 saturated carbocycles. The van der Waals surface area contributed by atoms with E-state index in [0.29, 0.717) is 17.0 Å². The number of aromatic hydroxyl groups is 1. The fourth-order valence-electron chi connectivity index (χ4n) is 2.00. The minimum absolute atomic E-state index is 0.0354. The molecule has 8 heteroatoms. The lowest BCUT2D eigenvalue weighted by molar-refractivity contribution is 0.475. The molecule has 2 N–H and O–H groups in total. The predicted octanol–water partition coefficient (Wildman–Crippen LogP) is 1.47. The van der Waals surface area contributed by atoms with Gasteiger partial charge in [-0.2, -0.15) is 0 Å². The van der Waals surface area contributed by atoms with E-state index in [9.17, 15) is 13.5 Å². The molecule has 3 aromatic rings. The third-order valence-corrected chi connectivity index (χ3v) is 3.40. The first-order chi connectivity index (χ1) is 9.92. The van der Waals surface area contributed by atoms with Crippen molar-refractivity contribution in [2.75, 3.05) is 11.0 Å². The van der Waals surface area contributed by atoms with Gasteiger partial charge in [0, 0.05) is 30.2 Å². The number of benzene rings is 1. The minimum atomic E-state index is -3.47. The molecule has 0 spiro atoms. The van der Waals surface area contributed by atoms with Crippen LogP contribution in [0.5, 0.6) is 5.75 Å². The standard InChI is InChI=1S/C13H12N4O3S/c1-21(19,20)16-11-7-9(18)3-4-10(11)12-8-17-6-2-5-14-13(17)15-12/h2-8,16,18H,1H3. The molecule has 0 aliphatic rings. The summed E-state index contributed by atoms with van der Waals surface area (Å²) in [6.45, 7) is 0. The molecule has 2 aromatic heterocycles. The number of anilines is 1. The van der Waals surface area contributed by atoms with E-state index in [-0.39, 0.29) is 11.4 Å². The normalized spacial score (nSPS) is 11.7. The van der Waals surface area contributed by atoms with Gasteiger partial charge in [0.1, 0.15) is 5.75 Å². The fourth-order valence-corrected chi connectivity index (χ4v) is 2.57. The number of sulfonamides is 1. The molecule has 0 bridgehead atoms. The van der Waals surface area contributed by atoms with E-state index in [1.54, 1.807) is 35.1 Å². The molecule has 0 radical (unpaired) electrons. The van der Waals surface area contributed by atoms with Crippen LogP contribution in [0, 0.1) is 0 Å². The van der Waals surface area contributed by atoms with E-state index in [0.717, 1.165) is 6.26 Å². The van der Waals surface area contributed by atoms with Crippen molar-refractivity contribution in [3.05, 3.63) is 42.9 Å². The number of nitrogens with one attached hydrogen (secondary N) is 1. The van der Waals surface area contributed by atoms with E-state index in [4.69, 9.17) is 0 Å². The van der Waals surface area contributed by atoms with Gasteiger partial charge in [-0.3, -0.25) is 9.12 Å². The van der Waals surface area contributed by atoms with Gasteiger partial charge in [0.15, 0.2) is 0 Å². The van der Waals surface area contributed by atoms with Gasteiger partial charge in [-0.1, -0.05) is 0 Å². The molecule has 108 valence electrons. The van der Waals surface area contributed by atoms with Crippen molar-refractivity contribution < 1.29 is 13.5 Å². The van der Waals surface area contributed by atoms with Crippen molar-refractivity contribution in [1.29, 1.82) is 0 Å². The average molecular weight is 304 g/mol. The Morgan fingerprint density at radius 1 is 1.33 bits per heavy atom. The van der Waals surface area contributed by atoms with Gasteiger partial charge in [-0.15, -0.1) is 0 Å². The Morgan fingerprint density at radius 3 is 2.86 bits per heavy atom. The van der Waals surface area contributed by atoms with Crippen LogP contribution in [-0.2, 0) is 10.0 Å². The lowest BCUT2D eigenvalue weighted by Crippen LogP contribution is -2.10. The maximum absolute atomic E-state index is 11.4. The van der Waals surface area contributed by atoms with Crippen molar-refractivity contribution >= 4 is 21.5 Å². The Kier molecular flexibility index (Phi) is 3.02. The first kappa shape index (κ1) is 13.4. The monoisotopic (exact) mass is 304 g/mol. The third-order valence-electron chi connectivity index (χ3n) is 2.81. The van der Waals surface area contributed by atoms with Gasteiger partial charge in [0.05, 0.1) is 17.6 Å². The van der Waals surface area contributed by atoms with Crippen molar-refractivity contribution in [2.24, 2.45) is 0 Å². The highest BCUT2D eigenvalue weighted by molar-refractivity contribution is 7.92. The molecule has 0 atom stereocenters. The SMILES string of the molecule is CS(=O)(=O)Nc1cc(O)ccc1-c1cn2cccnc2n1. The highest BCUT2D eigenvalue weighted by Gasteiger charge is 2.13. The highest BCUT2D eigenvalue weighted by atomic mass is 32.2. The molecule has 7 nitrogen and oxygen atoms in total. The van der Waals surface area contributed by atoms with E-state index >= 15 is 0 Å². The summed E-state index contributed by atoms with van der Waals surface area (Å²) in [5.74, 6) is 0.470. The van der Waals surface area contributed by atoms with E-state index in [2.05, 4.69) is 14.7 Å². The molecular formula is C13H12N4O3S. The number of hydrogen-bond acceptors (Lipinski definition) is 5. The Morgan fingerprint density at radius 2 is 2.14 bits per heavy atom. The van der Waals surface area contributed by atoms with Gasteiger partial charge in [0.25, 0.3) is 0 Å². The second-order valence-electron chi connectivity index (χ2n) is 4.56. The lowest BCUT2D eigenvalue weighted by Gasteiger charge is -2.09. The van der Waals surface area contributed by atoms with Crippen LogP contribution in [0.4, 0.5) is 5.69 Å². The van der Waals surface area contributed by atoms with Crippen LogP contribution in [0.1, 0.15) is 0 Å². The van der Waals surface area contributed by atoms with Crippen LogP contribution in [0.25, 0.3) is 17.0 Å².